The van der Waals surface area contributed by atoms with Crippen LogP contribution in [-0.4, -0.2) is 90.0 Å². The van der Waals surface area contributed by atoms with Crippen LogP contribution in [0.3, 0.4) is 0 Å². The molecule has 1 aromatic heterocycles. The van der Waals surface area contributed by atoms with Gasteiger partial charge in [0.05, 0.1) is 18.8 Å². The van der Waals surface area contributed by atoms with Crippen molar-refractivity contribution in [1.82, 2.24) is 25.1 Å². The second-order valence-electron chi connectivity index (χ2n) is 9.26. The minimum Gasteiger partial charge on any atom is -0.494 e. The molecule has 12 nitrogen and oxygen atoms in total. The lowest BCUT2D eigenvalue weighted by Crippen LogP contribution is -2.49. The summed E-state index contributed by atoms with van der Waals surface area (Å²) in [6, 6.07) is 7.40. The summed E-state index contributed by atoms with van der Waals surface area (Å²) < 4.78 is 5.70. The van der Waals surface area contributed by atoms with Crippen molar-refractivity contribution in [2.75, 3.05) is 56.6 Å². The fraction of sp³-hybridized carbons (Fsp3) is 0.480. The molecule has 3 heterocycles. The van der Waals surface area contributed by atoms with Crippen LogP contribution in [0.5, 0.6) is 5.75 Å². The van der Waals surface area contributed by atoms with Gasteiger partial charge in [0.15, 0.2) is 11.5 Å². The van der Waals surface area contributed by atoms with E-state index in [4.69, 9.17) is 10.5 Å². The topological polar surface area (TPSA) is 146 Å². The predicted molar refractivity (Wildman–Crippen MR) is 139 cm³/mol. The van der Waals surface area contributed by atoms with Gasteiger partial charge in [0, 0.05) is 52.4 Å². The zero-order valence-corrected chi connectivity index (χ0v) is 21.3. The Labute approximate surface area is 216 Å². The zero-order chi connectivity index (χ0) is 26.4. The van der Waals surface area contributed by atoms with Crippen LogP contribution in [0.4, 0.5) is 22.1 Å². The first-order valence-electron chi connectivity index (χ1n) is 12.5. The van der Waals surface area contributed by atoms with E-state index in [1.807, 2.05) is 24.1 Å². The number of urea groups is 1. The van der Waals surface area contributed by atoms with Gasteiger partial charge in [-0.05, 0) is 43.5 Å². The molecule has 2 aromatic rings. The number of nitrogens with two attached hydrogens (primary N) is 1. The molecule has 198 valence electrons. The van der Waals surface area contributed by atoms with Crippen molar-refractivity contribution in [3.8, 4) is 5.75 Å². The van der Waals surface area contributed by atoms with Crippen molar-refractivity contribution in [1.29, 1.82) is 0 Å². The van der Waals surface area contributed by atoms with Crippen LogP contribution in [0, 0.1) is 0 Å². The molecule has 2 saturated heterocycles. The number of primary amides is 1. The van der Waals surface area contributed by atoms with Gasteiger partial charge in [0.2, 0.25) is 5.91 Å². The molecular formula is C25H34N8O4. The van der Waals surface area contributed by atoms with Crippen molar-refractivity contribution in [2.24, 2.45) is 5.73 Å². The summed E-state index contributed by atoms with van der Waals surface area (Å²) in [4.78, 5) is 50.2. The lowest BCUT2D eigenvalue weighted by Gasteiger charge is -2.37. The SMILES string of the molecule is CC(=O)NCCCOc1ccc(Nc2nc(N3CCC[C@@H](N4CCN(C)C4=O)C3)cnc2C(N)=O)cc1. The standard InChI is InChI=1S/C25H34N8O4/c1-17(34)27-10-4-14-37-20-8-6-18(7-9-20)29-24-22(23(26)35)28-15-21(30-24)32-11-3-5-19(16-32)33-13-12-31(2)25(33)36/h6-9,15,19H,3-5,10-14,16H2,1-2H3,(H2,26,35)(H,27,34)(H,29,30)/t19-/m1/s1. The molecule has 2 aliphatic rings. The number of hydrogen-bond donors (Lipinski definition) is 3. The third-order valence-corrected chi connectivity index (χ3v) is 6.48. The monoisotopic (exact) mass is 510 g/mol. The number of ether oxygens (including phenoxy) is 1. The average Bonchev–Trinajstić information content (AvgIpc) is 3.22. The molecular weight excluding hydrogens is 476 g/mol. The average molecular weight is 511 g/mol. The van der Waals surface area contributed by atoms with E-state index in [0.29, 0.717) is 43.4 Å². The first-order chi connectivity index (χ1) is 17.8. The number of carbonyl (C=O) groups is 3. The fourth-order valence-corrected chi connectivity index (χ4v) is 4.52. The molecule has 2 aliphatic heterocycles. The van der Waals surface area contributed by atoms with Gasteiger partial charge in [-0.3, -0.25) is 9.59 Å². The number of piperidine rings is 1. The molecule has 2 fully saturated rings. The maximum Gasteiger partial charge on any atom is 0.320 e. The highest BCUT2D eigenvalue weighted by Crippen LogP contribution is 2.26. The Balaban J connectivity index is 1.42. The molecule has 4 N–H and O–H groups in total. The third kappa shape index (κ3) is 6.57. The van der Waals surface area contributed by atoms with Gasteiger partial charge in [-0.1, -0.05) is 0 Å². The van der Waals surface area contributed by atoms with Crippen LogP contribution in [0.1, 0.15) is 36.7 Å². The largest absolute Gasteiger partial charge is 0.494 e. The van der Waals surface area contributed by atoms with E-state index in [-0.39, 0.29) is 29.5 Å². The van der Waals surface area contributed by atoms with E-state index >= 15 is 0 Å². The Bertz CT molecular complexity index is 1130. The number of benzene rings is 1. The molecule has 37 heavy (non-hydrogen) atoms. The second-order valence-corrected chi connectivity index (χ2v) is 9.26. The normalized spacial score (nSPS) is 17.6. The molecule has 0 radical (unpaired) electrons. The maximum absolute atomic E-state index is 12.5. The predicted octanol–water partition coefficient (Wildman–Crippen LogP) is 1.56. The summed E-state index contributed by atoms with van der Waals surface area (Å²) in [6.45, 7) is 5.41. The molecule has 1 atom stereocenters. The Morgan fingerprint density at radius 1 is 1.19 bits per heavy atom. The highest BCUT2D eigenvalue weighted by Gasteiger charge is 2.34. The smallest absolute Gasteiger partial charge is 0.320 e. The van der Waals surface area contributed by atoms with E-state index in [1.54, 1.807) is 23.2 Å². The number of carbonyl (C=O) groups excluding carboxylic acids is 3. The molecule has 4 rings (SSSR count). The molecule has 0 bridgehead atoms. The Morgan fingerprint density at radius 2 is 1.97 bits per heavy atom. The Kier molecular flexibility index (Phi) is 8.26. The van der Waals surface area contributed by atoms with Crippen molar-refractivity contribution >= 4 is 35.2 Å². The molecule has 12 heteroatoms. The van der Waals surface area contributed by atoms with Gasteiger partial charge in [-0.2, -0.15) is 0 Å². The summed E-state index contributed by atoms with van der Waals surface area (Å²) >= 11 is 0. The van der Waals surface area contributed by atoms with Crippen LogP contribution >= 0.6 is 0 Å². The van der Waals surface area contributed by atoms with E-state index in [2.05, 4.69) is 25.5 Å². The maximum atomic E-state index is 12.5. The molecule has 0 saturated carbocycles. The number of hydrogen-bond acceptors (Lipinski definition) is 8. The van der Waals surface area contributed by atoms with Gasteiger partial charge in [-0.25, -0.2) is 14.8 Å². The van der Waals surface area contributed by atoms with Crippen molar-refractivity contribution in [2.45, 2.75) is 32.2 Å². The van der Waals surface area contributed by atoms with Gasteiger partial charge in [0.25, 0.3) is 5.91 Å². The number of rotatable bonds is 10. The van der Waals surface area contributed by atoms with E-state index < -0.39 is 5.91 Å². The van der Waals surface area contributed by atoms with Gasteiger partial charge in [-0.15, -0.1) is 0 Å². The van der Waals surface area contributed by atoms with Crippen LogP contribution < -0.4 is 26.0 Å². The third-order valence-electron chi connectivity index (χ3n) is 6.48. The number of aromatic nitrogens is 2. The number of anilines is 3. The summed E-state index contributed by atoms with van der Waals surface area (Å²) in [5.41, 5.74) is 6.31. The number of likely N-dealkylation sites (N-methyl/N-ethyl adjacent to an activating group) is 1. The van der Waals surface area contributed by atoms with Gasteiger partial charge >= 0.3 is 6.03 Å². The van der Waals surface area contributed by atoms with Crippen LogP contribution in [0.25, 0.3) is 0 Å². The summed E-state index contributed by atoms with van der Waals surface area (Å²) in [7, 11) is 1.82. The first-order valence-corrected chi connectivity index (χ1v) is 12.5. The molecule has 0 unspecified atom stereocenters. The first kappa shape index (κ1) is 26.0. The van der Waals surface area contributed by atoms with E-state index in [9.17, 15) is 14.4 Å². The Morgan fingerprint density at radius 3 is 2.65 bits per heavy atom. The molecule has 0 aliphatic carbocycles. The van der Waals surface area contributed by atoms with Crippen molar-refractivity contribution < 1.29 is 19.1 Å². The van der Waals surface area contributed by atoms with Gasteiger partial charge in [0.1, 0.15) is 11.6 Å². The minimum atomic E-state index is -0.678. The zero-order valence-electron chi connectivity index (χ0n) is 21.3. The van der Waals surface area contributed by atoms with Crippen LogP contribution in [0.2, 0.25) is 0 Å². The van der Waals surface area contributed by atoms with E-state index in [1.165, 1.54) is 6.92 Å². The van der Waals surface area contributed by atoms with Crippen LogP contribution in [-0.2, 0) is 4.79 Å². The molecule has 4 amide bonds. The second kappa shape index (κ2) is 11.8. The number of nitrogens with zero attached hydrogens (tertiary/aromatic N) is 5. The molecule has 0 spiro atoms. The highest BCUT2D eigenvalue weighted by molar-refractivity contribution is 5.96. The number of nitrogens with one attached hydrogen (secondary N) is 2. The van der Waals surface area contributed by atoms with Gasteiger partial charge < -0.3 is 35.8 Å². The lowest BCUT2D eigenvalue weighted by atomic mass is 10.0. The summed E-state index contributed by atoms with van der Waals surface area (Å²) in [5, 5.41) is 5.88. The highest BCUT2D eigenvalue weighted by atomic mass is 16.5. The van der Waals surface area contributed by atoms with Crippen LogP contribution in [0.15, 0.2) is 30.5 Å². The minimum absolute atomic E-state index is 0.0481. The summed E-state index contributed by atoms with van der Waals surface area (Å²) in [5.74, 6) is 0.838. The van der Waals surface area contributed by atoms with Crippen molar-refractivity contribution in [3.63, 3.8) is 0 Å². The molecule has 1 aromatic carbocycles. The van der Waals surface area contributed by atoms with Crippen molar-refractivity contribution in [3.05, 3.63) is 36.2 Å². The number of amides is 4. The Hall–Kier alpha value is -4.09. The van der Waals surface area contributed by atoms with E-state index in [0.717, 1.165) is 32.5 Å². The fourth-order valence-electron chi connectivity index (χ4n) is 4.52. The quantitative estimate of drug-likeness (QED) is 0.408. The summed E-state index contributed by atoms with van der Waals surface area (Å²) in [6.07, 6.45) is 4.12. The lowest BCUT2D eigenvalue weighted by molar-refractivity contribution is -0.118.